The summed E-state index contributed by atoms with van der Waals surface area (Å²) < 4.78 is 24.3. The van der Waals surface area contributed by atoms with E-state index in [0.717, 1.165) is 6.26 Å². The SMILES string of the molecule is CC(C)(O)/C=C\c1c(-c2ccccn2)cc(Cl)cc1S(C)(=O)=O. The van der Waals surface area contributed by atoms with Crippen molar-refractivity contribution in [1.29, 1.82) is 0 Å². The van der Waals surface area contributed by atoms with Gasteiger partial charge < -0.3 is 5.11 Å². The molecule has 0 aliphatic rings. The van der Waals surface area contributed by atoms with Gasteiger partial charge in [-0.3, -0.25) is 4.98 Å². The molecule has 23 heavy (non-hydrogen) atoms. The van der Waals surface area contributed by atoms with E-state index in [1.165, 1.54) is 12.1 Å². The lowest BCUT2D eigenvalue weighted by atomic mass is 10.0. The number of halogens is 1. The van der Waals surface area contributed by atoms with Gasteiger partial charge in [0, 0.05) is 28.6 Å². The Balaban J connectivity index is 2.80. The molecule has 1 aromatic heterocycles. The zero-order valence-corrected chi connectivity index (χ0v) is 14.7. The molecule has 0 aliphatic heterocycles. The maximum atomic E-state index is 12.1. The number of pyridine rings is 1. The van der Waals surface area contributed by atoms with Crippen LogP contribution in [-0.4, -0.2) is 30.4 Å². The number of hydrogen-bond donors (Lipinski definition) is 1. The van der Waals surface area contributed by atoms with Crippen molar-refractivity contribution in [3.05, 3.63) is 53.2 Å². The Bertz CT molecular complexity index is 838. The Kier molecular flexibility index (Phi) is 4.94. The van der Waals surface area contributed by atoms with Crippen molar-refractivity contribution >= 4 is 27.5 Å². The molecule has 0 atom stereocenters. The van der Waals surface area contributed by atoms with E-state index < -0.39 is 15.4 Å². The van der Waals surface area contributed by atoms with Crippen LogP contribution in [0.5, 0.6) is 0 Å². The molecule has 0 spiro atoms. The highest BCUT2D eigenvalue weighted by Gasteiger charge is 2.19. The van der Waals surface area contributed by atoms with Crippen molar-refractivity contribution in [2.45, 2.75) is 24.3 Å². The maximum Gasteiger partial charge on any atom is 0.176 e. The van der Waals surface area contributed by atoms with Crippen LogP contribution in [0.3, 0.4) is 0 Å². The van der Waals surface area contributed by atoms with Gasteiger partial charge in [0.05, 0.1) is 16.2 Å². The highest BCUT2D eigenvalue weighted by Crippen LogP contribution is 2.33. The Hall–Kier alpha value is -1.69. The number of aliphatic hydroxyl groups is 1. The average molecular weight is 352 g/mol. The molecule has 122 valence electrons. The van der Waals surface area contributed by atoms with E-state index in [4.69, 9.17) is 11.6 Å². The second-order valence-electron chi connectivity index (χ2n) is 5.84. The first-order chi connectivity index (χ1) is 10.6. The standard InChI is InChI=1S/C17H18ClNO3S/c1-17(2,20)8-7-13-14(15-6-4-5-9-19-15)10-12(18)11-16(13)23(3,21)22/h4-11,20H,1-3H3/b8-7-. The lowest BCUT2D eigenvalue weighted by Gasteiger charge is -2.14. The molecule has 0 amide bonds. The molecule has 0 fully saturated rings. The van der Waals surface area contributed by atoms with Gasteiger partial charge in [-0.1, -0.05) is 29.8 Å². The van der Waals surface area contributed by atoms with Crippen LogP contribution < -0.4 is 0 Å². The summed E-state index contributed by atoms with van der Waals surface area (Å²) in [6.07, 6.45) is 5.89. The van der Waals surface area contributed by atoms with Gasteiger partial charge in [-0.05, 0) is 38.1 Å². The summed E-state index contributed by atoms with van der Waals surface area (Å²) in [4.78, 5) is 4.37. The average Bonchev–Trinajstić information content (AvgIpc) is 2.44. The van der Waals surface area contributed by atoms with Crippen LogP contribution in [0.1, 0.15) is 19.4 Å². The number of rotatable bonds is 4. The van der Waals surface area contributed by atoms with Crippen LogP contribution in [0.15, 0.2) is 47.5 Å². The smallest absolute Gasteiger partial charge is 0.176 e. The van der Waals surface area contributed by atoms with Gasteiger partial charge in [-0.2, -0.15) is 0 Å². The fraction of sp³-hybridized carbons (Fsp3) is 0.235. The molecule has 1 heterocycles. The molecule has 1 aromatic carbocycles. The van der Waals surface area contributed by atoms with E-state index in [2.05, 4.69) is 4.98 Å². The fourth-order valence-corrected chi connectivity index (χ4v) is 3.29. The van der Waals surface area contributed by atoms with Gasteiger partial charge in [0.15, 0.2) is 9.84 Å². The first-order valence-corrected chi connectivity index (χ1v) is 9.21. The van der Waals surface area contributed by atoms with Gasteiger partial charge in [-0.25, -0.2) is 8.42 Å². The maximum absolute atomic E-state index is 12.1. The van der Waals surface area contributed by atoms with Crippen LogP contribution >= 0.6 is 11.6 Å². The van der Waals surface area contributed by atoms with Crippen LogP contribution in [0.4, 0.5) is 0 Å². The molecule has 2 aromatic rings. The molecule has 0 radical (unpaired) electrons. The molecule has 0 bridgehead atoms. The van der Waals surface area contributed by atoms with Gasteiger partial charge in [0.25, 0.3) is 0 Å². The summed E-state index contributed by atoms with van der Waals surface area (Å²) >= 11 is 6.10. The van der Waals surface area contributed by atoms with Crippen molar-refractivity contribution in [1.82, 2.24) is 4.98 Å². The summed E-state index contributed by atoms with van der Waals surface area (Å²) in [5.41, 5.74) is 0.586. The minimum absolute atomic E-state index is 0.103. The molecule has 1 N–H and O–H groups in total. The Labute approximate surface area is 141 Å². The van der Waals surface area contributed by atoms with E-state index in [1.807, 2.05) is 6.07 Å². The largest absolute Gasteiger partial charge is 0.386 e. The lowest BCUT2D eigenvalue weighted by Crippen LogP contribution is -2.13. The highest BCUT2D eigenvalue weighted by atomic mass is 35.5. The lowest BCUT2D eigenvalue weighted by molar-refractivity contribution is 0.134. The zero-order chi connectivity index (χ0) is 17.3. The molecule has 0 saturated carbocycles. The predicted molar refractivity (Wildman–Crippen MR) is 93.1 cm³/mol. The first-order valence-electron chi connectivity index (χ1n) is 6.94. The molecule has 0 aliphatic carbocycles. The van der Waals surface area contributed by atoms with Gasteiger partial charge in [0.2, 0.25) is 0 Å². The van der Waals surface area contributed by atoms with E-state index >= 15 is 0 Å². The molecule has 4 nitrogen and oxygen atoms in total. The summed E-state index contributed by atoms with van der Waals surface area (Å²) in [7, 11) is -3.50. The third-order valence-electron chi connectivity index (χ3n) is 3.11. The summed E-state index contributed by atoms with van der Waals surface area (Å²) in [6, 6.07) is 8.44. The second kappa shape index (κ2) is 6.43. The molecule has 0 unspecified atom stereocenters. The summed E-state index contributed by atoms with van der Waals surface area (Å²) in [5.74, 6) is 0. The molecule has 6 heteroatoms. The van der Waals surface area contributed by atoms with E-state index in [0.29, 0.717) is 21.8 Å². The van der Waals surface area contributed by atoms with Crippen molar-refractivity contribution in [3.8, 4) is 11.3 Å². The van der Waals surface area contributed by atoms with Crippen LogP contribution in [0.25, 0.3) is 17.3 Å². The quantitative estimate of drug-likeness (QED) is 0.914. The Morgan fingerprint density at radius 2 is 1.96 bits per heavy atom. The minimum Gasteiger partial charge on any atom is -0.386 e. The summed E-state index contributed by atoms with van der Waals surface area (Å²) in [5, 5.41) is 10.2. The predicted octanol–water partition coefficient (Wildman–Crippen LogP) is 3.59. The van der Waals surface area contributed by atoms with Crippen molar-refractivity contribution in [2.75, 3.05) is 6.26 Å². The monoisotopic (exact) mass is 351 g/mol. The van der Waals surface area contributed by atoms with Crippen molar-refractivity contribution in [2.24, 2.45) is 0 Å². The minimum atomic E-state index is -3.50. The van der Waals surface area contributed by atoms with E-state index in [9.17, 15) is 13.5 Å². The zero-order valence-electron chi connectivity index (χ0n) is 13.1. The fourth-order valence-electron chi connectivity index (χ4n) is 2.09. The molecule has 0 saturated heterocycles. The number of sulfone groups is 1. The van der Waals surface area contributed by atoms with Gasteiger partial charge in [0.1, 0.15) is 0 Å². The van der Waals surface area contributed by atoms with E-state index in [1.54, 1.807) is 44.3 Å². The van der Waals surface area contributed by atoms with E-state index in [-0.39, 0.29) is 4.90 Å². The Morgan fingerprint density at radius 3 is 2.48 bits per heavy atom. The van der Waals surface area contributed by atoms with Crippen molar-refractivity contribution in [3.63, 3.8) is 0 Å². The highest BCUT2D eigenvalue weighted by molar-refractivity contribution is 7.90. The van der Waals surface area contributed by atoms with Crippen LogP contribution in [-0.2, 0) is 9.84 Å². The second-order valence-corrected chi connectivity index (χ2v) is 8.26. The van der Waals surface area contributed by atoms with Gasteiger partial charge >= 0.3 is 0 Å². The topological polar surface area (TPSA) is 67.3 Å². The normalized spacial score (nSPS) is 12.7. The summed E-state index contributed by atoms with van der Waals surface area (Å²) in [6.45, 7) is 3.22. The molecular formula is C17H18ClNO3S. The number of aromatic nitrogens is 1. The van der Waals surface area contributed by atoms with Gasteiger partial charge in [-0.15, -0.1) is 0 Å². The molecule has 2 rings (SSSR count). The third-order valence-corrected chi connectivity index (χ3v) is 4.46. The Morgan fingerprint density at radius 1 is 1.26 bits per heavy atom. The van der Waals surface area contributed by atoms with Crippen molar-refractivity contribution < 1.29 is 13.5 Å². The first kappa shape index (κ1) is 17.7. The number of hydrogen-bond acceptors (Lipinski definition) is 4. The number of benzene rings is 1. The third kappa shape index (κ3) is 4.64. The number of nitrogens with zero attached hydrogens (tertiary/aromatic N) is 1. The molecular weight excluding hydrogens is 334 g/mol. The van der Waals surface area contributed by atoms with Crippen LogP contribution in [0, 0.1) is 0 Å². The van der Waals surface area contributed by atoms with Crippen LogP contribution in [0.2, 0.25) is 5.02 Å².